The van der Waals surface area contributed by atoms with E-state index in [-0.39, 0.29) is 5.92 Å². The third kappa shape index (κ3) is 3.53. The lowest BCUT2D eigenvalue weighted by Gasteiger charge is -2.27. The molecule has 2 unspecified atom stereocenters. The molecule has 92 valence electrons. The first kappa shape index (κ1) is 12.1. The Bertz CT molecular complexity index is 353. The minimum absolute atomic E-state index is 0.204. The molecule has 2 rings (SSSR count). The number of nitrogens with zero attached hydrogens (tertiary/aromatic N) is 4. The molecule has 1 saturated carbocycles. The minimum atomic E-state index is 0.204. The van der Waals surface area contributed by atoms with Crippen LogP contribution in [0.1, 0.15) is 32.1 Å². The molecule has 0 bridgehead atoms. The topological polar surface area (TPSA) is 66.5 Å². The Morgan fingerprint density at radius 3 is 3.06 bits per heavy atom. The van der Waals surface area contributed by atoms with Gasteiger partial charge in [-0.1, -0.05) is 18.1 Å². The van der Waals surface area contributed by atoms with Gasteiger partial charge < -0.3 is 5.32 Å². The summed E-state index contributed by atoms with van der Waals surface area (Å²) >= 11 is 0. The Balaban J connectivity index is 1.65. The highest BCUT2D eigenvalue weighted by molar-refractivity contribution is 4.94. The fraction of sp³-hybridized carbons (Fsp3) is 0.750. The summed E-state index contributed by atoms with van der Waals surface area (Å²) < 4.78 is 1.84. The number of aryl methyl sites for hydroxylation is 1. The maximum atomic E-state index is 9.06. The van der Waals surface area contributed by atoms with Crippen molar-refractivity contribution in [1.29, 1.82) is 5.26 Å². The molecule has 5 nitrogen and oxygen atoms in total. The van der Waals surface area contributed by atoms with Gasteiger partial charge >= 0.3 is 0 Å². The predicted octanol–water partition coefficient (Wildman–Crippen LogP) is 1.34. The highest BCUT2D eigenvalue weighted by Crippen LogP contribution is 2.23. The molecule has 1 aromatic heterocycles. The zero-order chi connectivity index (χ0) is 11.9. The molecular formula is C12H19N5. The fourth-order valence-corrected chi connectivity index (χ4v) is 2.41. The number of nitriles is 1. The lowest BCUT2D eigenvalue weighted by Crippen LogP contribution is -2.38. The van der Waals surface area contributed by atoms with E-state index in [9.17, 15) is 0 Å². The molecule has 0 spiro atoms. The minimum Gasteiger partial charge on any atom is -0.313 e. The highest BCUT2D eigenvalue weighted by atomic mass is 15.4. The molecule has 1 aliphatic rings. The summed E-state index contributed by atoms with van der Waals surface area (Å²) in [7, 11) is 0. The van der Waals surface area contributed by atoms with Gasteiger partial charge in [0, 0.05) is 18.8 Å². The van der Waals surface area contributed by atoms with Gasteiger partial charge in [0.1, 0.15) is 0 Å². The summed E-state index contributed by atoms with van der Waals surface area (Å²) in [5, 5.41) is 20.2. The average Bonchev–Trinajstić information content (AvgIpc) is 2.88. The number of rotatable bonds is 5. The van der Waals surface area contributed by atoms with Crippen LogP contribution in [0.3, 0.4) is 0 Å². The molecular weight excluding hydrogens is 214 g/mol. The normalized spacial score (nSPS) is 24.4. The summed E-state index contributed by atoms with van der Waals surface area (Å²) in [6.07, 6.45) is 9.24. The van der Waals surface area contributed by atoms with Crippen LogP contribution < -0.4 is 5.32 Å². The number of hydrogen-bond acceptors (Lipinski definition) is 4. The van der Waals surface area contributed by atoms with Crippen LogP contribution in [0.2, 0.25) is 0 Å². The lowest BCUT2D eigenvalue weighted by atomic mass is 9.85. The predicted molar refractivity (Wildman–Crippen MR) is 64.0 cm³/mol. The molecule has 2 atom stereocenters. The van der Waals surface area contributed by atoms with Gasteiger partial charge in [-0.15, -0.1) is 5.10 Å². The van der Waals surface area contributed by atoms with Crippen molar-refractivity contribution in [1.82, 2.24) is 20.3 Å². The lowest BCUT2D eigenvalue weighted by molar-refractivity contribution is 0.309. The smallest absolute Gasteiger partial charge is 0.0692 e. The first-order valence-corrected chi connectivity index (χ1v) is 6.37. The second kappa shape index (κ2) is 6.36. The average molecular weight is 233 g/mol. The van der Waals surface area contributed by atoms with Crippen LogP contribution in [0, 0.1) is 17.2 Å². The zero-order valence-corrected chi connectivity index (χ0v) is 10.0. The molecule has 1 aromatic rings. The SMILES string of the molecule is N#CC1CCCCC1NCCCn1ccnn1. The molecule has 0 amide bonds. The first-order chi connectivity index (χ1) is 8.40. The molecule has 0 aliphatic heterocycles. The molecule has 1 aliphatic carbocycles. The standard InChI is InChI=1S/C12H19N5/c13-10-11-4-1-2-5-12(11)14-6-3-8-17-9-7-15-16-17/h7,9,11-12,14H,1-6,8H2. The third-order valence-corrected chi connectivity index (χ3v) is 3.37. The Hall–Kier alpha value is -1.41. The van der Waals surface area contributed by atoms with Crippen molar-refractivity contribution in [2.45, 2.75) is 44.7 Å². The van der Waals surface area contributed by atoms with Crippen LogP contribution in [0.4, 0.5) is 0 Å². The van der Waals surface area contributed by atoms with Gasteiger partial charge in [0.25, 0.3) is 0 Å². The van der Waals surface area contributed by atoms with Gasteiger partial charge in [0.15, 0.2) is 0 Å². The summed E-state index contributed by atoms with van der Waals surface area (Å²) in [5.41, 5.74) is 0. The second-order valence-corrected chi connectivity index (χ2v) is 4.60. The molecule has 0 radical (unpaired) electrons. The number of nitrogens with one attached hydrogen (secondary N) is 1. The van der Waals surface area contributed by atoms with Crippen molar-refractivity contribution in [3.05, 3.63) is 12.4 Å². The van der Waals surface area contributed by atoms with Gasteiger partial charge in [-0.05, 0) is 25.8 Å². The largest absolute Gasteiger partial charge is 0.313 e. The molecule has 0 saturated heterocycles. The van der Waals surface area contributed by atoms with Crippen molar-refractivity contribution >= 4 is 0 Å². The number of aromatic nitrogens is 3. The molecule has 17 heavy (non-hydrogen) atoms. The Kier molecular flexibility index (Phi) is 4.51. The Labute approximate surface area is 102 Å². The maximum absolute atomic E-state index is 9.06. The summed E-state index contributed by atoms with van der Waals surface area (Å²) in [4.78, 5) is 0. The van der Waals surface area contributed by atoms with Crippen molar-refractivity contribution in [3.8, 4) is 6.07 Å². The molecule has 0 aromatic carbocycles. The van der Waals surface area contributed by atoms with Crippen LogP contribution in [0.15, 0.2) is 12.4 Å². The van der Waals surface area contributed by atoms with E-state index in [2.05, 4.69) is 21.7 Å². The van der Waals surface area contributed by atoms with Crippen LogP contribution in [-0.2, 0) is 6.54 Å². The van der Waals surface area contributed by atoms with E-state index in [0.29, 0.717) is 6.04 Å². The highest BCUT2D eigenvalue weighted by Gasteiger charge is 2.23. The molecule has 1 N–H and O–H groups in total. The summed E-state index contributed by atoms with van der Waals surface area (Å²) in [6.45, 7) is 1.83. The molecule has 1 fully saturated rings. The summed E-state index contributed by atoms with van der Waals surface area (Å²) in [5.74, 6) is 0.204. The Morgan fingerprint density at radius 1 is 1.41 bits per heavy atom. The van der Waals surface area contributed by atoms with E-state index >= 15 is 0 Å². The van der Waals surface area contributed by atoms with Gasteiger partial charge in [0.2, 0.25) is 0 Å². The third-order valence-electron chi connectivity index (χ3n) is 3.37. The van der Waals surface area contributed by atoms with E-state index in [1.807, 2.05) is 10.9 Å². The fourth-order valence-electron chi connectivity index (χ4n) is 2.41. The van der Waals surface area contributed by atoms with Crippen molar-refractivity contribution in [2.24, 2.45) is 5.92 Å². The van der Waals surface area contributed by atoms with E-state index in [4.69, 9.17) is 5.26 Å². The van der Waals surface area contributed by atoms with E-state index in [0.717, 1.165) is 32.4 Å². The van der Waals surface area contributed by atoms with Crippen LogP contribution >= 0.6 is 0 Å². The quantitative estimate of drug-likeness (QED) is 0.779. The molecule has 1 heterocycles. The van der Waals surface area contributed by atoms with E-state index in [1.165, 1.54) is 12.8 Å². The second-order valence-electron chi connectivity index (χ2n) is 4.60. The van der Waals surface area contributed by atoms with Gasteiger partial charge in [-0.2, -0.15) is 5.26 Å². The van der Waals surface area contributed by atoms with Crippen molar-refractivity contribution in [2.75, 3.05) is 6.54 Å². The van der Waals surface area contributed by atoms with Crippen LogP contribution in [-0.4, -0.2) is 27.6 Å². The van der Waals surface area contributed by atoms with E-state index < -0.39 is 0 Å². The zero-order valence-electron chi connectivity index (χ0n) is 10.0. The van der Waals surface area contributed by atoms with Gasteiger partial charge in [-0.25, -0.2) is 0 Å². The monoisotopic (exact) mass is 233 g/mol. The van der Waals surface area contributed by atoms with Crippen molar-refractivity contribution in [3.63, 3.8) is 0 Å². The Morgan fingerprint density at radius 2 is 2.29 bits per heavy atom. The number of hydrogen-bond donors (Lipinski definition) is 1. The molecule has 5 heteroatoms. The first-order valence-electron chi connectivity index (χ1n) is 6.37. The van der Waals surface area contributed by atoms with Gasteiger partial charge in [0.05, 0.1) is 18.2 Å². The summed E-state index contributed by atoms with van der Waals surface area (Å²) in [6, 6.07) is 2.81. The van der Waals surface area contributed by atoms with Crippen LogP contribution in [0.25, 0.3) is 0 Å². The van der Waals surface area contributed by atoms with Crippen LogP contribution in [0.5, 0.6) is 0 Å². The van der Waals surface area contributed by atoms with Gasteiger partial charge in [-0.3, -0.25) is 4.68 Å². The van der Waals surface area contributed by atoms with Crippen molar-refractivity contribution < 1.29 is 0 Å². The van der Waals surface area contributed by atoms with E-state index in [1.54, 1.807) is 6.20 Å². The maximum Gasteiger partial charge on any atom is 0.0692 e.